The quantitative estimate of drug-likeness (QED) is 0.812. The SMILES string of the molecule is COc1c(N2CCN(C(C)=O)C(C)C2)c(F)cc2c1N(C1CC1)CCC2=O. The lowest BCUT2D eigenvalue weighted by molar-refractivity contribution is -0.131. The minimum absolute atomic E-state index is 0.0162. The molecular formula is C20H26FN3O3. The molecule has 1 aromatic carbocycles. The average molecular weight is 375 g/mol. The molecule has 1 amide bonds. The molecule has 1 unspecified atom stereocenters. The molecule has 2 aliphatic heterocycles. The Morgan fingerprint density at radius 3 is 2.56 bits per heavy atom. The molecule has 1 saturated heterocycles. The van der Waals surface area contributed by atoms with Gasteiger partial charge in [-0.05, 0) is 25.8 Å². The Labute approximate surface area is 158 Å². The largest absolute Gasteiger partial charge is 0.492 e. The number of hydrogen-bond acceptors (Lipinski definition) is 5. The second-order valence-corrected chi connectivity index (χ2v) is 7.74. The average Bonchev–Trinajstić information content (AvgIpc) is 3.46. The Kier molecular flexibility index (Phi) is 4.48. The topological polar surface area (TPSA) is 53.1 Å². The van der Waals surface area contributed by atoms with Crippen LogP contribution in [0.5, 0.6) is 5.75 Å². The van der Waals surface area contributed by atoms with Crippen LogP contribution in [-0.4, -0.2) is 62.0 Å². The molecule has 4 rings (SSSR count). The van der Waals surface area contributed by atoms with Crippen LogP contribution in [0.1, 0.15) is 43.5 Å². The van der Waals surface area contributed by atoms with E-state index >= 15 is 4.39 Å². The van der Waals surface area contributed by atoms with Gasteiger partial charge >= 0.3 is 0 Å². The Balaban J connectivity index is 1.77. The third-order valence-electron chi connectivity index (χ3n) is 5.89. The van der Waals surface area contributed by atoms with Gasteiger partial charge in [0.25, 0.3) is 0 Å². The summed E-state index contributed by atoms with van der Waals surface area (Å²) in [5, 5.41) is 0. The molecule has 1 saturated carbocycles. The van der Waals surface area contributed by atoms with Gasteiger partial charge in [-0.2, -0.15) is 0 Å². The number of hydrogen-bond donors (Lipinski definition) is 0. The predicted molar refractivity (Wildman–Crippen MR) is 101 cm³/mol. The van der Waals surface area contributed by atoms with E-state index in [-0.39, 0.29) is 17.7 Å². The molecule has 146 valence electrons. The van der Waals surface area contributed by atoms with Gasteiger partial charge < -0.3 is 19.4 Å². The van der Waals surface area contributed by atoms with Crippen LogP contribution in [0, 0.1) is 5.82 Å². The van der Waals surface area contributed by atoms with E-state index < -0.39 is 5.82 Å². The first kappa shape index (κ1) is 18.1. The minimum atomic E-state index is -0.430. The number of Topliss-reactive ketones (excluding diaryl/α,β-unsaturated/α-hetero) is 1. The van der Waals surface area contributed by atoms with Gasteiger partial charge in [0.05, 0.1) is 12.8 Å². The molecule has 27 heavy (non-hydrogen) atoms. The summed E-state index contributed by atoms with van der Waals surface area (Å²) >= 11 is 0. The summed E-state index contributed by atoms with van der Waals surface area (Å²) in [4.78, 5) is 30.2. The van der Waals surface area contributed by atoms with Gasteiger partial charge in [-0.1, -0.05) is 0 Å². The summed E-state index contributed by atoms with van der Waals surface area (Å²) in [6.07, 6.45) is 2.61. The fourth-order valence-corrected chi connectivity index (χ4v) is 4.44. The first-order valence-corrected chi connectivity index (χ1v) is 9.64. The monoisotopic (exact) mass is 375 g/mol. The lowest BCUT2D eigenvalue weighted by Crippen LogP contribution is -2.53. The van der Waals surface area contributed by atoms with Crippen LogP contribution < -0.4 is 14.5 Å². The van der Waals surface area contributed by atoms with Crippen LogP contribution in [0.3, 0.4) is 0 Å². The normalized spacial score (nSPS) is 22.7. The fourth-order valence-electron chi connectivity index (χ4n) is 4.44. The first-order valence-electron chi connectivity index (χ1n) is 9.64. The van der Waals surface area contributed by atoms with Crippen molar-refractivity contribution in [2.75, 3.05) is 43.1 Å². The molecule has 7 heteroatoms. The molecule has 0 radical (unpaired) electrons. The maximum absolute atomic E-state index is 15.1. The number of ketones is 1. The summed E-state index contributed by atoms with van der Waals surface area (Å²) in [5.74, 6) is 0.0273. The van der Waals surface area contributed by atoms with Gasteiger partial charge in [0.1, 0.15) is 5.69 Å². The molecule has 2 heterocycles. The molecule has 1 aliphatic carbocycles. The first-order chi connectivity index (χ1) is 12.9. The number of nitrogens with zero attached hydrogens (tertiary/aromatic N) is 3. The number of fused-ring (bicyclic) bond motifs is 1. The van der Waals surface area contributed by atoms with Crippen LogP contribution in [-0.2, 0) is 4.79 Å². The maximum Gasteiger partial charge on any atom is 0.219 e. The number of carbonyl (C=O) groups is 2. The Morgan fingerprint density at radius 1 is 1.22 bits per heavy atom. The number of halogens is 1. The number of rotatable bonds is 3. The zero-order valence-electron chi connectivity index (χ0n) is 16.1. The molecule has 3 aliphatic rings. The lowest BCUT2D eigenvalue weighted by atomic mass is 9.97. The zero-order chi connectivity index (χ0) is 19.3. The number of methoxy groups -OCH3 is 1. The zero-order valence-corrected chi connectivity index (χ0v) is 16.1. The Bertz CT molecular complexity index is 793. The third-order valence-corrected chi connectivity index (χ3v) is 5.89. The van der Waals surface area contributed by atoms with E-state index in [0.717, 1.165) is 18.5 Å². The second-order valence-electron chi connectivity index (χ2n) is 7.74. The molecule has 6 nitrogen and oxygen atoms in total. The number of benzene rings is 1. The molecular weight excluding hydrogens is 349 g/mol. The third kappa shape index (κ3) is 3.03. The number of amides is 1. The number of piperazine rings is 1. The number of ether oxygens (including phenoxy) is 1. The van der Waals surface area contributed by atoms with Gasteiger partial charge in [-0.3, -0.25) is 9.59 Å². The van der Waals surface area contributed by atoms with Gasteiger partial charge in [0.2, 0.25) is 5.91 Å². The van der Waals surface area contributed by atoms with Crippen LogP contribution in [0.4, 0.5) is 15.8 Å². The molecule has 0 spiro atoms. The van der Waals surface area contributed by atoms with Gasteiger partial charge in [-0.15, -0.1) is 0 Å². The van der Waals surface area contributed by atoms with E-state index in [1.165, 1.54) is 13.2 Å². The van der Waals surface area contributed by atoms with Crippen LogP contribution in [0.15, 0.2) is 6.07 Å². The molecule has 2 fully saturated rings. The van der Waals surface area contributed by atoms with E-state index in [9.17, 15) is 9.59 Å². The van der Waals surface area contributed by atoms with Gasteiger partial charge in [-0.25, -0.2) is 4.39 Å². The van der Waals surface area contributed by atoms with E-state index in [4.69, 9.17) is 4.74 Å². The van der Waals surface area contributed by atoms with Crippen molar-refractivity contribution in [3.63, 3.8) is 0 Å². The number of anilines is 2. The second kappa shape index (κ2) is 6.69. The van der Waals surface area contributed by atoms with Crippen molar-refractivity contribution in [1.82, 2.24) is 4.90 Å². The van der Waals surface area contributed by atoms with E-state index in [0.29, 0.717) is 55.6 Å². The van der Waals surface area contributed by atoms with Crippen molar-refractivity contribution < 1.29 is 18.7 Å². The summed E-state index contributed by atoms with van der Waals surface area (Å²) in [6, 6.07) is 1.78. The summed E-state index contributed by atoms with van der Waals surface area (Å²) < 4.78 is 20.8. The van der Waals surface area contributed by atoms with E-state index in [1.807, 2.05) is 11.8 Å². The van der Waals surface area contributed by atoms with Gasteiger partial charge in [0, 0.05) is 57.2 Å². The van der Waals surface area contributed by atoms with Crippen LogP contribution >= 0.6 is 0 Å². The molecule has 1 aromatic rings. The highest BCUT2D eigenvalue weighted by Crippen LogP contribution is 2.48. The number of carbonyl (C=O) groups excluding carboxylic acids is 2. The fraction of sp³-hybridized carbons (Fsp3) is 0.600. The summed E-state index contributed by atoms with van der Waals surface area (Å²) in [5.41, 5.74) is 1.59. The smallest absolute Gasteiger partial charge is 0.219 e. The van der Waals surface area contributed by atoms with Crippen molar-refractivity contribution in [3.05, 3.63) is 17.4 Å². The van der Waals surface area contributed by atoms with Gasteiger partial charge in [0.15, 0.2) is 17.3 Å². The minimum Gasteiger partial charge on any atom is -0.492 e. The predicted octanol–water partition coefficient (Wildman–Crippen LogP) is 2.45. The maximum atomic E-state index is 15.1. The van der Waals surface area contributed by atoms with Crippen molar-refractivity contribution in [2.45, 2.75) is 45.2 Å². The summed E-state index contributed by atoms with van der Waals surface area (Å²) in [6.45, 7) is 5.80. The highest BCUT2D eigenvalue weighted by Gasteiger charge is 2.39. The van der Waals surface area contributed by atoms with Crippen LogP contribution in [0.2, 0.25) is 0 Å². The molecule has 1 atom stereocenters. The van der Waals surface area contributed by atoms with Crippen molar-refractivity contribution >= 4 is 23.1 Å². The van der Waals surface area contributed by atoms with Crippen molar-refractivity contribution in [3.8, 4) is 5.75 Å². The van der Waals surface area contributed by atoms with E-state index in [2.05, 4.69) is 4.90 Å². The highest BCUT2D eigenvalue weighted by atomic mass is 19.1. The highest BCUT2D eigenvalue weighted by molar-refractivity contribution is 6.06. The lowest BCUT2D eigenvalue weighted by Gasteiger charge is -2.42. The summed E-state index contributed by atoms with van der Waals surface area (Å²) in [7, 11) is 1.54. The van der Waals surface area contributed by atoms with Crippen molar-refractivity contribution in [2.24, 2.45) is 0 Å². The van der Waals surface area contributed by atoms with Crippen molar-refractivity contribution in [1.29, 1.82) is 0 Å². The van der Waals surface area contributed by atoms with E-state index in [1.54, 1.807) is 11.8 Å². The molecule has 0 aromatic heterocycles. The Morgan fingerprint density at radius 2 is 1.96 bits per heavy atom. The Hall–Kier alpha value is -2.31. The standard InChI is InChI=1S/C20H26FN3O3/c1-12-11-22(8-9-23(12)13(2)25)19-16(21)10-15-17(26)6-7-24(14-4-5-14)18(15)20(19)27-3/h10,12,14H,4-9,11H2,1-3H3. The van der Waals surface area contributed by atoms with Crippen LogP contribution in [0.25, 0.3) is 0 Å². The molecule has 0 N–H and O–H groups in total. The molecule has 0 bridgehead atoms.